The van der Waals surface area contributed by atoms with Crippen LogP contribution in [0, 0.1) is 5.82 Å². The summed E-state index contributed by atoms with van der Waals surface area (Å²) in [6.07, 6.45) is 4.61. The van der Waals surface area contributed by atoms with Crippen molar-refractivity contribution in [1.82, 2.24) is 4.98 Å². The number of halogens is 1. The van der Waals surface area contributed by atoms with Crippen LogP contribution in [0.5, 0.6) is 5.75 Å². The molecule has 1 heterocycles. The van der Waals surface area contributed by atoms with Crippen molar-refractivity contribution in [3.8, 4) is 5.75 Å². The van der Waals surface area contributed by atoms with Gasteiger partial charge in [0.1, 0.15) is 22.4 Å². The number of rotatable bonds is 7. The second-order valence-electron chi connectivity index (χ2n) is 6.98. The third-order valence-electron chi connectivity index (χ3n) is 4.72. The highest BCUT2D eigenvalue weighted by atomic mass is 32.1. The molecular formula is C25H20FNO2S. The lowest BCUT2D eigenvalue weighted by molar-refractivity contribution is -0.117. The number of hydrogen-bond acceptors (Lipinski definition) is 4. The molecule has 3 nitrogen and oxygen atoms in total. The van der Waals surface area contributed by atoms with Crippen molar-refractivity contribution >= 4 is 39.5 Å². The molecule has 30 heavy (non-hydrogen) atoms. The van der Waals surface area contributed by atoms with E-state index >= 15 is 0 Å². The molecule has 0 saturated heterocycles. The fourth-order valence-electron chi connectivity index (χ4n) is 3.17. The Morgan fingerprint density at radius 2 is 1.67 bits per heavy atom. The number of Topliss-reactive ketones (excluding diaryl/α,β-unsaturated/α-hetero) is 1. The van der Waals surface area contributed by atoms with Crippen molar-refractivity contribution in [3.63, 3.8) is 0 Å². The minimum absolute atomic E-state index is 0.158. The van der Waals surface area contributed by atoms with E-state index in [9.17, 15) is 9.18 Å². The third-order valence-corrected chi connectivity index (χ3v) is 5.72. The minimum atomic E-state index is -0.249. The molecular weight excluding hydrogens is 397 g/mol. The van der Waals surface area contributed by atoms with Crippen molar-refractivity contribution in [2.24, 2.45) is 0 Å². The highest BCUT2D eigenvalue weighted by Crippen LogP contribution is 2.25. The molecule has 0 N–H and O–H groups in total. The number of nitrogens with zero attached hydrogens (tertiary/aromatic N) is 1. The normalized spacial score (nSPS) is 11.3. The molecule has 0 atom stereocenters. The van der Waals surface area contributed by atoms with E-state index in [2.05, 4.69) is 4.98 Å². The molecule has 0 unspecified atom stereocenters. The van der Waals surface area contributed by atoms with E-state index in [1.807, 2.05) is 54.6 Å². The minimum Gasteiger partial charge on any atom is -0.497 e. The maximum Gasteiger partial charge on any atom is 0.141 e. The molecule has 3 aromatic carbocycles. The Kier molecular flexibility index (Phi) is 6.00. The first kappa shape index (κ1) is 20.0. The van der Waals surface area contributed by atoms with E-state index in [0.29, 0.717) is 12.8 Å². The predicted molar refractivity (Wildman–Crippen MR) is 120 cm³/mol. The van der Waals surface area contributed by atoms with Crippen LogP contribution in [0.15, 0.2) is 66.7 Å². The van der Waals surface area contributed by atoms with E-state index in [0.717, 1.165) is 37.7 Å². The number of fused-ring (bicyclic) bond motifs is 1. The lowest BCUT2D eigenvalue weighted by atomic mass is 10.0. The average molecular weight is 418 g/mol. The number of ketones is 1. The van der Waals surface area contributed by atoms with Gasteiger partial charge in [-0.2, -0.15) is 0 Å². The van der Waals surface area contributed by atoms with Crippen LogP contribution in [-0.2, 0) is 17.6 Å². The molecule has 0 amide bonds. The van der Waals surface area contributed by atoms with Crippen LogP contribution in [0.2, 0.25) is 0 Å². The monoisotopic (exact) mass is 417 g/mol. The summed E-state index contributed by atoms with van der Waals surface area (Å²) in [7, 11) is 1.62. The summed E-state index contributed by atoms with van der Waals surface area (Å²) in [5, 5.41) is 0.871. The van der Waals surface area contributed by atoms with E-state index in [1.54, 1.807) is 30.6 Å². The quantitative estimate of drug-likeness (QED) is 0.372. The maximum atomic E-state index is 13.0. The first-order valence-electron chi connectivity index (χ1n) is 9.57. The van der Waals surface area contributed by atoms with Crippen molar-refractivity contribution in [1.29, 1.82) is 0 Å². The molecule has 0 saturated carbocycles. The lowest BCUT2D eigenvalue weighted by Crippen LogP contribution is -2.06. The van der Waals surface area contributed by atoms with Crippen LogP contribution < -0.4 is 4.74 Å². The molecule has 4 rings (SSSR count). The van der Waals surface area contributed by atoms with E-state index in [1.165, 1.54) is 12.1 Å². The van der Waals surface area contributed by atoms with Gasteiger partial charge in [0.25, 0.3) is 0 Å². The first-order valence-corrected chi connectivity index (χ1v) is 10.4. The number of hydrogen-bond donors (Lipinski definition) is 0. The average Bonchev–Trinajstić information content (AvgIpc) is 3.16. The Labute approximate surface area is 178 Å². The highest BCUT2D eigenvalue weighted by Gasteiger charge is 2.08. The Bertz CT molecular complexity index is 1190. The Hall–Kier alpha value is -3.31. The molecule has 5 heteroatoms. The number of carbonyl (C=O) groups excluding carboxylic acids is 1. The second kappa shape index (κ2) is 9.01. The number of ether oxygens (including phenoxy) is 1. The molecule has 0 fully saturated rings. The van der Waals surface area contributed by atoms with Crippen molar-refractivity contribution in [2.45, 2.75) is 12.8 Å². The fourth-order valence-corrected chi connectivity index (χ4v) is 4.03. The van der Waals surface area contributed by atoms with Gasteiger partial charge in [-0.25, -0.2) is 9.37 Å². The largest absolute Gasteiger partial charge is 0.497 e. The van der Waals surface area contributed by atoms with E-state index < -0.39 is 0 Å². The van der Waals surface area contributed by atoms with Crippen LogP contribution in [0.25, 0.3) is 22.4 Å². The maximum absolute atomic E-state index is 13.0. The molecule has 0 radical (unpaired) electrons. The Morgan fingerprint density at radius 1 is 0.967 bits per heavy atom. The molecule has 0 aliphatic heterocycles. The van der Waals surface area contributed by atoms with Crippen LogP contribution in [0.1, 0.15) is 21.7 Å². The van der Waals surface area contributed by atoms with Gasteiger partial charge in [0.2, 0.25) is 0 Å². The van der Waals surface area contributed by atoms with Gasteiger partial charge in [0, 0.05) is 12.8 Å². The molecule has 1 aromatic heterocycles. The number of methoxy groups -OCH3 is 1. The molecule has 0 spiro atoms. The summed E-state index contributed by atoms with van der Waals surface area (Å²) in [5.74, 6) is 0.692. The fraction of sp³-hybridized carbons (Fsp3) is 0.120. The summed E-state index contributed by atoms with van der Waals surface area (Å²) in [4.78, 5) is 17.1. The molecule has 0 aliphatic carbocycles. The van der Waals surface area contributed by atoms with Crippen molar-refractivity contribution in [3.05, 3.63) is 94.2 Å². The number of benzene rings is 3. The number of carbonyl (C=O) groups is 1. The standard InChI is InChI=1S/C25H20FNO2S/c1-29-22-10-4-18(5-11-22)14-21(28)15-19-6-12-24-23(16-19)27-25(30-24)13-7-17-2-8-20(26)9-3-17/h2-13,16H,14-15H2,1H3. The molecule has 150 valence electrons. The third kappa shape index (κ3) is 4.99. The summed E-state index contributed by atoms with van der Waals surface area (Å²) in [5.41, 5.74) is 3.73. The van der Waals surface area contributed by atoms with Gasteiger partial charge in [-0.3, -0.25) is 4.79 Å². The molecule has 0 bridgehead atoms. The van der Waals surface area contributed by atoms with E-state index in [4.69, 9.17) is 4.74 Å². The van der Waals surface area contributed by atoms with Crippen LogP contribution in [0.4, 0.5) is 4.39 Å². The lowest BCUT2D eigenvalue weighted by Gasteiger charge is -2.04. The first-order chi connectivity index (χ1) is 14.6. The summed E-state index contributed by atoms with van der Waals surface area (Å²) < 4.78 is 19.2. The van der Waals surface area contributed by atoms with Crippen LogP contribution in [0.3, 0.4) is 0 Å². The summed E-state index contributed by atoms with van der Waals surface area (Å²) in [6.45, 7) is 0. The Balaban J connectivity index is 1.43. The van der Waals surface area contributed by atoms with Gasteiger partial charge in [-0.15, -0.1) is 11.3 Å². The zero-order chi connectivity index (χ0) is 20.9. The number of aromatic nitrogens is 1. The van der Waals surface area contributed by atoms with Crippen LogP contribution >= 0.6 is 11.3 Å². The van der Waals surface area contributed by atoms with Gasteiger partial charge in [0.15, 0.2) is 0 Å². The molecule has 0 aliphatic rings. The van der Waals surface area contributed by atoms with Gasteiger partial charge < -0.3 is 4.74 Å². The van der Waals surface area contributed by atoms with Gasteiger partial charge >= 0.3 is 0 Å². The second-order valence-corrected chi connectivity index (χ2v) is 8.04. The summed E-state index contributed by atoms with van der Waals surface area (Å²) >= 11 is 1.58. The number of thiazole rings is 1. The van der Waals surface area contributed by atoms with Crippen LogP contribution in [-0.4, -0.2) is 17.9 Å². The zero-order valence-corrected chi connectivity index (χ0v) is 17.3. The smallest absolute Gasteiger partial charge is 0.141 e. The predicted octanol–water partition coefficient (Wildman–Crippen LogP) is 5.97. The van der Waals surface area contributed by atoms with E-state index in [-0.39, 0.29) is 11.6 Å². The summed E-state index contributed by atoms with van der Waals surface area (Å²) in [6, 6.07) is 19.9. The molecule has 4 aromatic rings. The Morgan fingerprint density at radius 3 is 2.40 bits per heavy atom. The SMILES string of the molecule is COc1ccc(CC(=O)Cc2ccc3sc(C=Cc4ccc(F)cc4)nc3c2)cc1. The van der Waals surface area contributed by atoms with Gasteiger partial charge in [0.05, 0.1) is 17.3 Å². The van der Waals surface area contributed by atoms with Gasteiger partial charge in [-0.1, -0.05) is 36.4 Å². The highest BCUT2D eigenvalue weighted by molar-refractivity contribution is 7.19. The van der Waals surface area contributed by atoms with Crippen molar-refractivity contribution in [2.75, 3.05) is 7.11 Å². The topological polar surface area (TPSA) is 39.2 Å². The van der Waals surface area contributed by atoms with Crippen molar-refractivity contribution < 1.29 is 13.9 Å². The van der Waals surface area contributed by atoms with Gasteiger partial charge in [-0.05, 0) is 59.2 Å². The zero-order valence-electron chi connectivity index (χ0n) is 16.5.